The van der Waals surface area contributed by atoms with Crippen molar-refractivity contribution in [2.75, 3.05) is 18.0 Å². The van der Waals surface area contributed by atoms with Gasteiger partial charge in [0.15, 0.2) is 5.82 Å². The Bertz CT molecular complexity index is 964. The monoisotopic (exact) mass is 413 g/mol. The van der Waals surface area contributed by atoms with Crippen molar-refractivity contribution in [3.63, 3.8) is 0 Å². The van der Waals surface area contributed by atoms with Crippen LogP contribution in [0.1, 0.15) is 30.3 Å². The van der Waals surface area contributed by atoms with Crippen molar-refractivity contribution in [2.45, 2.75) is 25.6 Å². The Morgan fingerprint density at radius 1 is 1.34 bits per heavy atom. The third kappa shape index (κ3) is 4.68. The summed E-state index contributed by atoms with van der Waals surface area (Å²) in [4.78, 5) is 15.4. The largest absolute Gasteiger partial charge is 0.472 e. The number of aryl methyl sites for hydroxylation is 1. The third-order valence-corrected chi connectivity index (χ3v) is 5.46. The SMILES string of the molecule is Cn1ccnc1C(O)C1CCCN(c2cncc(OCc3cccc(Cl)c3)n2)C1. The molecule has 1 aliphatic heterocycles. The second-order valence-electron chi connectivity index (χ2n) is 7.32. The molecule has 7 nitrogen and oxygen atoms in total. The number of benzene rings is 1. The highest BCUT2D eigenvalue weighted by molar-refractivity contribution is 6.30. The van der Waals surface area contributed by atoms with E-state index >= 15 is 0 Å². The van der Waals surface area contributed by atoms with Gasteiger partial charge in [0.1, 0.15) is 18.5 Å². The van der Waals surface area contributed by atoms with Crippen LogP contribution in [0.4, 0.5) is 5.82 Å². The second kappa shape index (κ2) is 8.80. The van der Waals surface area contributed by atoms with Crippen LogP contribution >= 0.6 is 11.6 Å². The van der Waals surface area contributed by atoms with Gasteiger partial charge < -0.3 is 19.3 Å². The summed E-state index contributed by atoms with van der Waals surface area (Å²) in [7, 11) is 1.90. The molecule has 0 aliphatic carbocycles. The zero-order valence-electron chi connectivity index (χ0n) is 16.3. The highest BCUT2D eigenvalue weighted by atomic mass is 35.5. The fourth-order valence-electron chi connectivity index (χ4n) is 3.69. The molecule has 0 saturated carbocycles. The van der Waals surface area contributed by atoms with Gasteiger partial charge in [-0.2, -0.15) is 4.98 Å². The number of piperidine rings is 1. The Balaban J connectivity index is 1.42. The predicted molar refractivity (Wildman–Crippen MR) is 111 cm³/mol. The van der Waals surface area contributed by atoms with Gasteiger partial charge in [-0.25, -0.2) is 4.98 Å². The smallest absolute Gasteiger partial charge is 0.234 e. The maximum atomic E-state index is 10.8. The van der Waals surface area contributed by atoms with Crippen LogP contribution in [0.25, 0.3) is 0 Å². The minimum atomic E-state index is -0.604. The van der Waals surface area contributed by atoms with Crippen LogP contribution in [-0.2, 0) is 13.7 Å². The molecule has 1 aliphatic rings. The van der Waals surface area contributed by atoms with Gasteiger partial charge in [-0.05, 0) is 30.5 Å². The van der Waals surface area contributed by atoms with Gasteiger partial charge >= 0.3 is 0 Å². The van der Waals surface area contributed by atoms with Crippen molar-refractivity contribution in [1.29, 1.82) is 0 Å². The van der Waals surface area contributed by atoms with Crippen molar-refractivity contribution in [3.8, 4) is 5.88 Å². The first-order chi connectivity index (χ1) is 14.1. The van der Waals surface area contributed by atoms with E-state index < -0.39 is 6.10 Å². The first kappa shape index (κ1) is 19.7. The predicted octanol–water partition coefficient (Wildman–Crippen LogP) is 3.39. The van der Waals surface area contributed by atoms with Crippen LogP contribution in [0.3, 0.4) is 0 Å². The molecule has 1 N–H and O–H groups in total. The molecular weight excluding hydrogens is 390 g/mol. The lowest BCUT2D eigenvalue weighted by molar-refractivity contribution is 0.0873. The lowest BCUT2D eigenvalue weighted by atomic mass is 9.92. The van der Waals surface area contributed by atoms with Gasteiger partial charge in [-0.3, -0.25) is 4.98 Å². The first-order valence-corrected chi connectivity index (χ1v) is 10.1. The van der Waals surface area contributed by atoms with E-state index in [-0.39, 0.29) is 5.92 Å². The van der Waals surface area contributed by atoms with Gasteiger partial charge in [-0.1, -0.05) is 23.7 Å². The zero-order chi connectivity index (χ0) is 20.2. The highest BCUT2D eigenvalue weighted by Crippen LogP contribution is 2.31. The highest BCUT2D eigenvalue weighted by Gasteiger charge is 2.30. The minimum Gasteiger partial charge on any atom is -0.472 e. The van der Waals surface area contributed by atoms with Crippen LogP contribution in [0.5, 0.6) is 5.88 Å². The molecule has 29 heavy (non-hydrogen) atoms. The molecule has 3 aromatic rings. The van der Waals surface area contributed by atoms with E-state index in [1.807, 2.05) is 42.1 Å². The summed E-state index contributed by atoms with van der Waals surface area (Å²) < 4.78 is 7.67. The zero-order valence-corrected chi connectivity index (χ0v) is 17.0. The Labute approximate surface area is 175 Å². The summed E-state index contributed by atoms with van der Waals surface area (Å²) in [5.74, 6) is 2.00. The molecule has 3 heterocycles. The van der Waals surface area contributed by atoms with Crippen LogP contribution in [0, 0.1) is 5.92 Å². The van der Waals surface area contributed by atoms with Gasteiger partial charge in [-0.15, -0.1) is 0 Å². The minimum absolute atomic E-state index is 0.0858. The van der Waals surface area contributed by atoms with E-state index in [4.69, 9.17) is 16.3 Å². The lowest BCUT2D eigenvalue weighted by Crippen LogP contribution is -2.39. The Morgan fingerprint density at radius 2 is 2.24 bits per heavy atom. The van der Waals surface area contributed by atoms with Crippen LogP contribution in [0.2, 0.25) is 5.02 Å². The fourth-order valence-corrected chi connectivity index (χ4v) is 3.91. The quantitative estimate of drug-likeness (QED) is 0.667. The summed E-state index contributed by atoms with van der Waals surface area (Å²) >= 11 is 6.02. The number of ether oxygens (including phenoxy) is 1. The van der Waals surface area contributed by atoms with E-state index in [2.05, 4.69) is 19.9 Å². The Kier molecular flexibility index (Phi) is 5.97. The summed E-state index contributed by atoms with van der Waals surface area (Å²) in [5, 5.41) is 11.5. The average molecular weight is 414 g/mol. The lowest BCUT2D eigenvalue weighted by Gasteiger charge is -2.35. The number of imidazole rings is 1. The van der Waals surface area contributed by atoms with Crippen molar-refractivity contribution in [1.82, 2.24) is 19.5 Å². The van der Waals surface area contributed by atoms with Crippen molar-refractivity contribution in [2.24, 2.45) is 13.0 Å². The molecular formula is C21H24ClN5O2. The molecule has 0 radical (unpaired) electrons. The molecule has 0 bridgehead atoms. The molecule has 4 rings (SSSR count). The summed E-state index contributed by atoms with van der Waals surface area (Å²) in [6, 6.07) is 7.55. The number of hydrogen-bond acceptors (Lipinski definition) is 6. The van der Waals surface area contributed by atoms with Crippen molar-refractivity contribution >= 4 is 17.4 Å². The summed E-state index contributed by atoms with van der Waals surface area (Å²) in [6.07, 6.45) is 8.23. The summed E-state index contributed by atoms with van der Waals surface area (Å²) in [6.45, 7) is 1.94. The van der Waals surface area contributed by atoms with E-state index in [0.717, 1.165) is 30.8 Å². The molecule has 0 amide bonds. The molecule has 0 spiro atoms. The molecule has 8 heteroatoms. The van der Waals surface area contributed by atoms with Crippen LogP contribution in [-0.4, -0.2) is 37.7 Å². The van der Waals surface area contributed by atoms with E-state index in [0.29, 0.717) is 29.9 Å². The number of anilines is 1. The first-order valence-electron chi connectivity index (χ1n) is 9.69. The molecule has 152 valence electrons. The molecule has 1 aromatic carbocycles. The van der Waals surface area contributed by atoms with Crippen LogP contribution in [0.15, 0.2) is 49.1 Å². The molecule has 2 atom stereocenters. The number of hydrogen-bond donors (Lipinski definition) is 1. The molecule has 2 unspecified atom stereocenters. The molecule has 1 fully saturated rings. The van der Waals surface area contributed by atoms with Gasteiger partial charge in [0.25, 0.3) is 0 Å². The maximum absolute atomic E-state index is 10.8. The van der Waals surface area contributed by atoms with Gasteiger partial charge in [0, 0.05) is 43.5 Å². The number of halogens is 1. The van der Waals surface area contributed by atoms with Gasteiger partial charge in [0.05, 0.1) is 12.4 Å². The number of rotatable bonds is 6. The van der Waals surface area contributed by atoms with E-state index in [1.165, 1.54) is 0 Å². The third-order valence-electron chi connectivity index (χ3n) is 5.23. The number of aliphatic hydroxyl groups is 1. The van der Waals surface area contributed by atoms with Crippen molar-refractivity contribution in [3.05, 3.63) is 65.5 Å². The average Bonchev–Trinajstić information content (AvgIpc) is 3.18. The molecule has 1 saturated heterocycles. The summed E-state index contributed by atoms with van der Waals surface area (Å²) in [5.41, 5.74) is 0.973. The topological polar surface area (TPSA) is 76.3 Å². The van der Waals surface area contributed by atoms with Crippen LogP contribution < -0.4 is 9.64 Å². The normalized spacial score (nSPS) is 17.9. The van der Waals surface area contributed by atoms with E-state index in [9.17, 15) is 5.11 Å². The standard InChI is InChI=1S/C21H24ClN5O2/c1-26-9-7-24-21(26)20(28)16-5-3-8-27(13-16)18-11-23-12-19(25-18)29-14-15-4-2-6-17(22)10-15/h2,4,6-7,9-12,16,20,28H,3,5,8,13-14H2,1H3. The van der Waals surface area contributed by atoms with Crippen molar-refractivity contribution < 1.29 is 9.84 Å². The second-order valence-corrected chi connectivity index (χ2v) is 7.76. The number of aliphatic hydroxyl groups excluding tert-OH is 1. The van der Waals surface area contributed by atoms with E-state index in [1.54, 1.807) is 18.6 Å². The van der Waals surface area contributed by atoms with Gasteiger partial charge in [0.2, 0.25) is 5.88 Å². The Morgan fingerprint density at radius 3 is 3.03 bits per heavy atom. The molecule has 2 aromatic heterocycles. The maximum Gasteiger partial charge on any atom is 0.234 e. The Hall–Kier alpha value is -2.64. The number of nitrogens with zero attached hydrogens (tertiary/aromatic N) is 5. The number of aromatic nitrogens is 4. The fraction of sp³-hybridized carbons (Fsp3) is 0.381.